The van der Waals surface area contributed by atoms with E-state index < -0.39 is 0 Å². The van der Waals surface area contributed by atoms with E-state index in [4.69, 9.17) is 0 Å². The van der Waals surface area contributed by atoms with Gasteiger partial charge in [0, 0.05) is 0 Å². The highest BCUT2D eigenvalue weighted by Crippen LogP contribution is 1.88. The van der Waals surface area contributed by atoms with Crippen LogP contribution in [-0.2, 0) is 0 Å². The molecule has 0 amide bonds. The lowest BCUT2D eigenvalue weighted by atomic mass is 10.3. The largest absolute Gasteiger partial charge is 0.0877 e. The van der Waals surface area contributed by atoms with Gasteiger partial charge in [0.15, 0.2) is 0 Å². The quantitative estimate of drug-likeness (QED) is 0.494. The van der Waals surface area contributed by atoms with E-state index in [1.165, 1.54) is 5.57 Å². The van der Waals surface area contributed by atoms with Crippen LogP contribution < -0.4 is 0 Å². The molecule has 9 heavy (non-hydrogen) atoms. The van der Waals surface area contributed by atoms with Gasteiger partial charge < -0.3 is 0 Å². The van der Waals surface area contributed by atoms with Crippen molar-refractivity contribution in [1.29, 1.82) is 0 Å². The topological polar surface area (TPSA) is 0 Å². The van der Waals surface area contributed by atoms with Crippen molar-refractivity contribution in [3.05, 3.63) is 36.0 Å². The van der Waals surface area contributed by atoms with Gasteiger partial charge in [0.2, 0.25) is 0 Å². The van der Waals surface area contributed by atoms with Gasteiger partial charge in [0.25, 0.3) is 0 Å². The standard InChI is InChI=1S/C9H14/c1-4-5-6-7-8-9(2)3/h4-8H,1-3H3/b5-4-,7-6+. The van der Waals surface area contributed by atoms with Crippen LogP contribution in [0.2, 0.25) is 0 Å². The maximum Gasteiger partial charge on any atom is -0.0439 e. The van der Waals surface area contributed by atoms with Gasteiger partial charge in [-0.1, -0.05) is 36.0 Å². The van der Waals surface area contributed by atoms with Gasteiger partial charge in [-0.25, -0.2) is 0 Å². The lowest BCUT2D eigenvalue weighted by Crippen LogP contribution is -1.57. The van der Waals surface area contributed by atoms with Crippen molar-refractivity contribution in [2.45, 2.75) is 20.8 Å². The molecular formula is C9H14. The molecule has 0 unspecified atom stereocenters. The molecule has 0 heterocycles. The van der Waals surface area contributed by atoms with Gasteiger partial charge in [-0.05, 0) is 20.8 Å². The zero-order chi connectivity index (χ0) is 7.11. The Kier molecular flexibility index (Phi) is 4.89. The van der Waals surface area contributed by atoms with Crippen LogP contribution in [-0.4, -0.2) is 0 Å². The van der Waals surface area contributed by atoms with Crippen molar-refractivity contribution in [2.24, 2.45) is 0 Å². The molecule has 0 aliphatic heterocycles. The summed E-state index contributed by atoms with van der Waals surface area (Å²) < 4.78 is 0. The number of hydrogen-bond donors (Lipinski definition) is 0. The third-order valence-electron chi connectivity index (χ3n) is 0.844. The predicted molar refractivity (Wildman–Crippen MR) is 43.4 cm³/mol. The van der Waals surface area contributed by atoms with E-state index in [2.05, 4.69) is 19.9 Å². The van der Waals surface area contributed by atoms with Gasteiger partial charge in [-0.2, -0.15) is 0 Å². The highest BCUT2D eigenvalue weighted by atomic mass is 13.7. The lowest BCUT2D eigenvalue weighted by Gasteiger charge is -1.79. The summed E-state index contributed by atoms with van der Waals surface area (Å²) >= 11 is 0. The Balaban J connectivity index is 3.60. The molecule has 0 aromatic carbocycles. The molecule has 0 rings (SSSR count). The highest BCUT2D eigenvalue weighted by Gasteiger charge is 1.66. The fourth-order valence-corrected chi connectivity index (χ4v) is 0.423. The number of hydrogen-bond acceptors (Lipinski definition) is 0. The Morgan fingerprint density at radius 3 is 2.11 bits per heavy atom. The average Bonchev–Trinajstić information content (AvgIpc) is 1.80. The van der Waals surface area contributed by atoms with Crippen molar-refractivity contribution < 1.29 is 0 Å². The zero-order valence-electron chi connectivity index (χ0n) is 6.39. The van der Waals surface area contributed by atoms with Crippen LogP contribution in [0.4, 0.5) is 0 Å². The second-order valence-corrected chi connectivity index (χ2v) is 2.15. The van der Waals surface area contributed by atoms with E-state index in [1.807, 2.05) is 31.2 Å². The van der Waals surface area contributed by atoms with Crippen LogP contribution in [0.15, 0.2) is 36.0 Å². The lowest BCUT2D eigenvalue weighted by molar-refractivity contribution is 1.39. The molecule has 0 saturated carbocycles. The van der Waals surface area contributed by atoms with E-state index >= 15 is 0 Å². The van der Waals surface area contributed by atoms with Crippen LogP contribution in [0.25, 0.3) is 0 Å². The third-order valence-corrected chi connectivity index (χ3v) is 0.844. The molecular weight excluding hydrogens is 108 g/mol. The Labute approximate surface area is 57.6 Å². The summed E-state index contributed by atoms with van der Waals surface area (Å²) in [7, 11) is 0. The fourth-order valence-electron chi connectivity index (χ4n) is 0.423. The molecule has 0 fully saturated rings. The summed E-state index contributed by atoms with van der Waals surface area (Å²) in [5.41, 5.74) is 1.33. The molecule has 0 aromatic rings. The predicted octanol–water partition coefficient (Wildman–Crippen LogP) is 3.08. The van der Waals surface area contributed by atoms with E-state index in [9.17, 15) is 0 Å². The maximum atomic E-state index is 2.08. The molecule has 0 radical (unpaired) electrons. The van der Waals surface area contributed by atoms with Crippen LogP contribution in [0.3, 0.4) is 0 Å². The summed E-state index contributed by atoms with van der Waals surface area (Å²) in [5.74, 6) is 0. The molecule has 0 N–H and O–H groups in total. The van der Waals surface area contributed by atoms with Crippen LogP contribution in [0.5, 0.6) is 0 Å². The maximum absolute atomic E-state index is 2.08. The minimum Gasteiger partial charge on any atom is -0.0877 e. The fraction of sp³-hybridized carbons (Fsp3) is 0.333. The first-order valence-corrected chi connectivity index (χ1v) is 3.20. The first-order chi connectivity index (χ1) is 4.27. The minimum absolute atomic E-state index is 1.33. The van der Waals surface area contributed by atoms with Crippen molar-refractivity contribution in [3.63, 3.8) is 0 Å². The Morgan fingerprint density at radius 1 is 1.00 bits per heavy atom. The molecule has 0 nitrogen and oxygen atoms in total. The van der Waals surface area contributed by atoms with Gasteiger partial charge in [-0.3, -0.25) is 0 Å². The smallest absolute Gasteiger partial charge is 0.0439 e. The molecule has 0 atom stereocenters. The molecule has 0 spiro atoms. The van der Waals surface area contributed by atoms with Gasteiger partial charge in [-0.15, -0.1) is 0 Å². The summed E-state index contributed by atoms with van der Waals surface area (Å²) in [6, 6.07) is 0. The van der Waals surface area contributed by atoms with Crippen LogP contribution in [0.1, 0.15) is 20.8 Å². The van der Waals surface area contributed by atoms with Crippen LogP contribution in [0, 0.1) is 0 Å². The minimum atomic E-state index is 1.33. The number of rotatable bonds is 2. The molecule has 0 aliphatic rings. The number of allylic oxidation sites excluding steroid dienone is 6. The van der Waals surface area contributed by atoms with Crippen molar-refractivity contribution in [1.82, 2.24) is 0 Å². The first-order valence-electron chi connectivity index (χ1n) is 3.20. The highest BCUT2D eigenvalue weighted by molar-refractivity contribution is 5.13. The van der Waals surface area contributed by atoms with Crippen molar-refractivity contribution in [2.75, 3.05) is 0 Å². The molecule has 0 heteroatoms. The van der Waals surface area contributed by atoms with E-state index in [1.54, 1.807) is 0 Å². The third kappa shape index (κ3) is 7.22. The molecule has 0 saturated heterocycles. The van der Waals surface area contributed by atoms with Crippen molar-refractivity contribution >= 4 is 0 Å². The molecule has 50 valence electrons. The summed E-state index contributed by atoms with van der Waals surface area (Å²) in [6.07, 6.45) is 10.2. The SMILES string of the molecule is C/C=C\C=C\C=C(C)C. The van der Waals surface area contributed by atoms with E-state index in [0.717, 1.165) is 0 Å². The Hall–Kier alpha value is -0.780. The monoisotopic (exact) mass is 122 g/mol. The normalized spacial score (nSPS) is 11.0. The summed E-state index contributed by atoms with van der Waals surface area (Å²) in [6.45, 7) is 6.17. The Bertz CT molecular complexity index is 132. The first kappa shape index (κ1) is 8.22. The summed E-state index contributed by atoms with van der Waals surface area (Å²) in [4.78, 5) is 0. The average molecular weight is 122 g/mol. The molecule has 0 bridgehead atoms. The van der Waals surface area contributed by atoms with E-state index in [-0.39, 0.29) is 0 Å². The molecule has 0 aromatic heterocycles. The van der Waals surface area contributed by atoms with Crippen LogP contribution >= 0.6 is 0 Å². The van der Waals surface area contributed by atoms with Gasteiger partial charge >= 0.3 is 0 Å². The Morgan fingerprint density at radius 2 is 1.67 bits per heavy atom. The van der Waals surface area contributed by atoms with Gasteiger partial charge in [0.1, 0.15) is 0 Å². The zero-order valence-corrected chi connectivity index (χ0v) is 6.39. The second-order valence-electron chi connectivity index (χ2n) is 2.15. The van der Waals surface area contributed by atoms with Gasteiger partial charge in [0.05, 0.1) is 0 Å². The molecule has 0 aliphatic carbocycles. The summed E-state index contributed by atoms with van der Waals surface area (Å²) in [5, 5.41) is 0. The van der Waals surface area contributed by atoms with E-state index in [0.29, 0.717) is 0 Å². The van der Waals surface area contributed by atoms with Crippen molar-refractivity contribution in [3.8, 4) is 0 Å². The second kappa shape index (κ2) is 5.36.